The minimum Gasteiger partial charge on any atom is -0.453 e. The van der Waals surface area contributed by atoms with Crippen molar-refractivity contribution in [2.24, 2.45) is 0 Å². The average Bonchev–Trinajstić information content (AvgIpc) is 2.43. The van der Waals surface area contributed by atoms with Crippen LogP contribution in [0, 0.1) is 0 Å². The molecule has 0 radical (unpaired) electrons. The third-order valence-corrected chi connectivity index (χ3v) is 2.98. The van der Waals surface area contributed by atoms with Gasteiger partial charge in [-0.25, -0.2) is 4.79 Å². The first-order valence-electron chi connectivity index (χ1n) is 6.00. The van der Waals surface area contributed by atoms with E-state index in [9.17, 15) is 15.0 Å². The fraction of sp³-hybridized carbons (Fsp3) is 0.462. The topological polar surface area (TPSA) is 96.2 Å². The van der Waals surface area contributed by atoms with Crippen LogP contribution in [0.1, 0.15) is 16.8 Å². The molecule has 6 nitrogen and oxygen atoms in total. The number of ether oxygens (including phenoxy) is 2. The van der Waals surface area contributed by atoms with Crippen molar-refractivity contribution >= 4 is 5.97 Å². The van der Waals surface area contributed by atoms with E-state index in [0.717, 1.165) is 0 Å². The molecule has 1 aliphatic heterocycles. The maximum absolute atomic E-state index is 11.8. The van der Waals surface area contributed by atoms with Crippen LogP contribution in [-0.4, -0.2) is 52.5 Å². The van der Waals surface area contributed by atoms with Gasteiger partial charge in [-0.2, -0.15) is 0 Å². The quantitative estimate of drug-likeness (QED) is 0.650. The molecule has 104 valence electrons. The molecular weight excluding hydrogens is 252 g/mol. The zero-order valence-corrected chi connectivity index (χ0v) is 10.2. The van der Waals surface area contributed by atoms with Gasteiger partial charge in [-0.3, -0.25) is 0 Å². The van der Waals surface area contributed by atoms with Crippen LogP contribution >= 0.6 is 0 Å². The summed E-state index contributed by atoms with van der Waals surface area (Å²) in [6.07, 6.45) is -4.13. The number of benzene rings is 1. The number of hydrogen-bond donors (Lipinski definition) is 3. The van der Waals surface area contributed by atoms with E-state index in [4.69, 9.17) is 14.6 Å². The molecule has 2 rings (SSSR count). The van der Waals surface area contributed by atoms with Crippen LogP contribution in [0.25, 0.3) is 0 Å². The predicted molar refractivity (Wildman–Crippen MR) is 64.2 cm³/mol. The standard InChI is InChI=1S/C13H16O6/c14-7-11-9(15)6-10(13(17)19-11)18-12(16)8-4-2-1-3-5-8/h1-5,9-11,13-15,17H,6-7H2/t9-,10-,11+,13-/m0/s1. The van der Waals surface area contributed by atoms with Crippen LogP contribution in [0.2, 0.25) is 0 Å². The third-order valence-electron chi connectivity index (χ3n) is 2.98. The van der Waals surface area contributed by atoms with Gasteiger partial charge < -0.3 is 24.8 Å². The lowest BCUT2D eigenvalue weighted by Crippen LogP contribution is -2.50. The molecule has 0 bridgehead atoms. The summed E-state index contributed by atoms with van der Waals surface area (Å²) in [6.45, 7) is -0.405. The van der Waals surface area contributed by atoms with Crippen LogP contribution in [0.5, 0.6) is 0 Å². The molecule has 19 heavy (non-hydrogen) atoms. The van der Waals surface area contributed by atoms with Crippen molar-refractivity contribution in [3.8, 4) is 0 Å². The molecule has 0 saturated carbocycles. The maximum Gasteiger partial charge on any atom is 0.338 e. The molecule has 0 amide bonds. The van der Waals surface area contributed by atoms with Crippen molar-refractivity contribution in [2.45, 2.75) is 31.0 Å². The largest absolute Gasteiger partial charge is 0.453 e. The molecule has 6 heteroatoms. The monoisotopic (exact) mass is 268 g/mol. The number of aliphatic hydroxyl groups excluding tert-OH is 3. The fourth-order valence-electron chi connectivity index (χ4n) is 1.91. The molecule has 0 aliphatic carbocycles. The molecule has 0 aromatic heterocycles. The summed E-state index contributed by atoms with van der Waals surface area (Å²) in [5.74, 6) is -0.595. The Bertz CT molecular complexity index is 420. The van der Waals surface area contributed by atoms with Crippen molar-refractivity contribution in [3.63, 3.8) is 0 Å². The van der Waals surface area contributed by atoms with Gasteiger partial charge in [-0.1, -0.05) is 18.2 Å². The highest BCUT2D eigenvalue weighted by Gasteiger charge is 2.38. The summed E-state index contributed by atoms with van der Waals surface area (Å²) < 4.78 is 10.1. The van der Waals surface area contributed by atoms with E-state index in [1.165, 1.54) is 0 Å². The van der Waals surface area contributed by atoms with Crippen molar-refractivity contribution in [1.82, 2.24) is 0 Å². The summed E-state index contributed by atoms with van der Waals surface area (Å²) >= 11 is 0. The highest BCUT2D eigenvalue weighted by atomic mass is 16.7. The average molecular weight is 268 g/mol. The second-order valence-electron chi connectivity index (χ2n) is 4.36. The van der Waals surface area contributed by atoms with E-state index in [1.807, 2.05) is 0 Å². The van der Waals surface area contributed by atoms with Crippen LogP contribution in [-0.2, 0) is 9.47 Å². The molecule has 1 aromatic rings. The molecule has 1 saturated heterocycles. The van der Waals surface area contributed by atoms with Crippen molar-refractivity contribution in [1.29, 1.82) is 0 Å². The van der Waals surface area contributed by atoms with Crippen molar-refractivity contribution in [3.05, 3.63) is 35.9 Å². The Balaban J connectivity index is 1.98. The van der Waals surface area contributed by atoms with Gasteiger partial charge in [0.15, 0.2) is 12.4 Å². The first kappa shape index (κ1) is 14.0. The highest BCUT2D eigenvalue weighted by molar-refractivity contribution is 5.89. The summed E-state index contributed by atoms with van der Waals surface area (Å²) in [6, 6.07) is 8.34. The maximum atomic E-state index is 11.8. The van der Waals surface area contributed by atoms with Gasteiger partial charge in [0.05, 0.1) is 18.3 Å². The molecular formula is C13H16O6. The molecule has 1 aromatic carbocycles. The van der Waals surface area contributed by atoms with Crippen molar-refractivity contribution in [2.75, 3.05) is 6.61 Å². The molecule has 4 atom stereocenters. The van der Waals surface area contributed by atoms with E-state index in [2.05, 4.69) is 0 Å². The SMILES string of the molecule is O=C(O[C@H]1C[C@H](O)[C@@H](CO)O[C@@H]1O)c1ccccc1. The van der Waals surface area contributed by atoms with E-state index in [1.54, 1.807) is 30.3 Å². The van der Waals surface area contributed by atoms with Crippen molar-refractivity contribution < 1.29 is 29.6 Å². The summed E-state index contributed by atoms with van der Waals surface area (Å²) in [7, 11) is 0. The van der Waals surface area contributed by atoms with Gasteiger partial charge in [-0.15, -0.1) is 0 Å². The summed E-state index contributed by atoms with van der Waals surface area (Å²) in [5, 5.41) is 28.2. The van der Waals surface area contributed by atoms with Gasteiger partial charge in [0.25, 0.3) is 0 Å². The number of rotatable bonds is 3. The first-order valence-corrected chi connectivity index (χ1v) is 6.00. The van der Waals surface area contributed by atoms with Crippen LogP contribution in [0.3, 0.4) is 0 Å². The predicted octanol–water partition coefficient (Wildman–Crippen LogP) is -0.328. The van der Waals surface area contributed by atoms with Gasteiger partial charge in [-0.05, 0) is 12.1 Å². The van der Waals surface area contributed by atoms with E-state index in [-0.39, 0.29) is 6.42 Å². The van der Waals surface area contributed by atoms with E-state index < -0.39 is 37.2 Å². The normalized spacial score (nSPS) is 30.9. The van der Waals surface area contributed by atoms with Gasteiger partial charge >= 0.3 is 5.97 Å². The fourth-order valence-corrected chi connectivity index (χ4v) is 1.91. The third kappa shape index (κ3) is 3.30. The number of carbonyl (C=O) groups is 1. The lowest BCUT2D eigenvalue weighted by molar-refractivity contribution is -0.251. The lowest BCUT2D eigenvalue weighted by Gasteiger charge is -2.35. The molecule has 0 unspecified atom stereocenters. The second kappa shape index (κ2) is 6.12. The first-order chi connectivity index (χ1) is 9.11. The van der Waals surface area contributed by atoms with E-state index >= 15 is 0 Å². The Morgan fingerprint density at radius 1 is 1.32 bits per heavy atom. The minimum atomic E-state index is -1.35. The minimum absolute atomic E-state index is 0.0188. The Labute approximate surface area is 110 Å². The Morgan fingerprint density at radius 2 is 2.00 bits per heavy atom. The van der Waals surface area contributed by atoms with Crippen LogP contribution in [0.15, 0.2) is 30.3 Å². The smallest absolute Gasteiger partial charge is 0.338 e. The number of esters is 1. The highest BCUT2D eigenvalue weighted by Crippen LogP contribution is 2.22. The second-order valence-corrected chi connectivity index (χ2v) is 4.36. The Morgan fingerprint density at radius 3 is 2.63 bits per heavy atom. The molecule has 3 N–H and O–H groups in total. The number of hydrogen-bond acceptors (Lipinski definition) is 6. The van der Waals surface area contributed by atoms with Gasteiger partial charge in [0.2, 0.25) is 0 Å². The van der Waals surface area contributed by atoms with Crippen LogP contribution in [0.4, 0.5) is 0 Å². The summed E-state index contributed by atoms with van der Waals surface area (Å²) in [5.41, 5.74) is 0.355. The zero-order chi connectivity index (χ0) is 13.8. The van der Waals surface area contributed by atoms with Gasteiger partial charge in [0.1, 0.15) is 6.10 Å². The Kier molecular flexibility index (Phi) is 4.49. The lowest BCUT2D eigenvalue weighted by atomic mass is 10.0. The molecule has 1 heterocycles. The summed E-state index contributed by atoms with van der Waals surface area (Å²) in [4.78, 5) is 11.8. The molecule has 1 fully saturated rings. The molecule has 0 spiro atoms. The van der Waals surface area contributed by atoms with Crippen LogP contribution < -0.4 is 0 Å². The Hall–Kier alpha value is -1.47. The number of carbonyl (C=O) groups excluding carboxylic acids is 1. The van der Waals surface area contributed by atoms with Gasteiger partial charge in [0, 0.05) is 6.42 Å². The van der Waals surface area contributed by atoms with E-state index in [0.29, 0.717) is 5.56 Å². The molecule has 1 aliphatic rings. The zero-order valence-electron chi connectivity index (χ0n) is 10.2. The number of aliphatic hydroxyl groups is 3.